The number of hydrogen-bond acceptors (Lipinski definition) is 5. The molecule has 0 bridgehead atoms. The van der Waals surface area contributed by atoms with E-state index in [4.69, 9.17) is 0 Å². The van der Waals surface area contributed by atoms with E-state index in [1.165, 1.54) is 6.20 Å². The largest absolute Gasteiger partial charge is 0.467 e. The van der Waals surface area contributed by atoms with Crippen molar-refractivity contribution in [1.82, 2.24) is 9.97 Å². The average molecular weight is 315 g/mol. The van der Waals surface area contributed by atoms with Crippen molar-refractivity contribution < 1.29 is 19.7 Å². The molecule has 2 atom stereocenters. The molecule has 6 nitrogen and oxygen atoms in total. The van der Waals surface area contributed by atoms with Crippen molar-refractivity contribution in [2.75, 3.05) is 7.11 Å². The molecular weight excluding hydrogens is 304 g/mol. The molecule has 0 aliphatic rings. The molecule has 0 aromatic carbocycles. The van der Waals surface area contributed by atoms with E-state index in [1.807, 2.05) is 0 Å². The molecule has 3 N–H and O–H groups in total. The van der Waals surface area contributed by atoms with Crippen LogP contribution in [0.2, 0.25) is 0 Å². The second kappa shape index (κ2) is 5.05. The van der Waals surface area contributed by atoms with E-state index in [-0.39, 0.29) is 0 Å². The van der Waals surface area contributed by atoms with E-state index in [0.717, 1.165) is 11.6 Å². The van der Waals surface area contributed by atoms with Crippen LogP contribution in [-0.2, 0) is 9.53 Å². The maximum Gasteiger partial charge on any atom is 0.337 e. The Balaban J connectivity index is 2.41. The van der Waals surface area contributed by atoms with E-state index in [0.29, 0.717) is 16.6 Å². The molecule has 2 aromatic heterocycles. The van der Waals surface area contributed by atoms with Gasteiger partial charge in [-0.2, -0.15) is 0 Å². The number of halogens is 1. The predicted octanol–water partition coefficient (Wildman–Crippen LogP) is 0.893. The summed E-state index contributed by atoms with van der Waals surface area (Å²) < 4.78 is 5.11. The zero-order valence-electron chi connectivity index (χ0n) is 9.42. The molecule has 2 heterocycles. The fourth-order valence-electron chi connectivity index (χ4n) is 1.66. The SMILES string of the molecule is COC(=O)C(O)C(O)c1c[nH]c2ncc(Br)cc12. The summed E-state index contributed by atoms with van der Waals surface area (Å²) in [7, 11) is 1.14. The van der Waals surface area contributed by atoms with Crippen molar-refractivity contribution in [3.8, 4) is 0 Å². The third kappa shape index (κ3) is 2.24. The number of methoxy groups -OCH3 is 1. The van der Waals surface area contributed by atoms with Crippen molar-refractivity contribution >= 4 is 32.9 Å². The van der Waals surface area contributed by atoms with Crippen LogP contribution in [0.4, 0.5) is 0 Å². The van der Waals surface area contributed by atoms with Crippen LogP contribution in [0.1, 0.15) is 11.7 Å². The molecule has 0 saturated carbocycles. The summed E-state index contributed by atoms with van der Waals surface area (Å²) in [5.74, 6) is -0.889. The Kier molecular flexibility index (Phi) is 3.65. The number of aliphatic hydroxyl groups excluding tert-OH is 2. The second-order valence-corrected chi connectivity index (χ2v) is 4.62. The summed E-state index contributed by atoms with van der Waals surface area (Å²) in [5.41, 5.74) is 0.945. The Morgan fingerprint density at radius 1 is 1.56 bits per heavy atom. The van der Waals surface area contributed by atoms with Crippen molar-refractivity contribution in [3.05, 3.63) is 28.5 Å². The molecule has 0 aliphatic heterocycles. The minimum atomic E-state index is -1.63. The van der Waals surface area contributed by atoms with Crippen molar-refractivity contribution in [3.63, 3.8) is 0 Å². The van der Waals surface area contributed by atoms with Crippen LogP contribution >= 0.6 is 15.9 Å². The Bertz CT molecular complexity index is 583. The third-order valence-electron chi connectivity index (χ3n) is 2.59. The van der Waals surface area contributed by atoms with Crippen molar-refractivity contribution in [1.29, 1.82) is 0 Å². The number of nitrogens with one attached hydrogen (secondary N) is 1. The zero-order valence-corrected chi connectivity index (χ0v) is 11.0. The first kappa shape index (κ1) is 13.0. The van der Waals surface area contributed by atoms with E-state index in [2.05, 4.69) is 30.6 Å². The number of ether oxygens (including phenoxy) is 1. The van der Waals surface area contributed by atoms with Crippen LogP contribution in [0.15, 0.2) is 22.9 Å². The topological polar surface area (TPSA) is 95.4 Å². The van der Waals surface area contributed by atoms with Crippen LogP contribution in [-0.4, -0.2) is 39.4 Å². The minimum Gasteiger partial charge on any atom is -0.467 e. The molecule has 0 fully saturated rings. The maximum atomic E-state index is 11.2. The first-order chi connectivity index (χ1) is 8.54. The maximum absolute atomic E-state index is 11.2. The van der Waals surface area contributed by atoms with Gasteiger partial charge in [-0.3, -0.25) is 0 Å². The molecule has 0 radical (unpaired) electrons. The molecule has 18 heavy (non-hydrogen) atoms. The van der Waals surface area contributed by atoms with Gasteiger partial charge in [-0.15, -0.1) is 0 Å². The number of aromatic nitrogens is 2. The van der Waals surface area contributed by atoms with E-state index < -0.39 is 18.2 Å². The van der Waals surface area contributed by atoms with Gasteiger partial charge in [0.05, 0.1) is 7.11 Å². The van der Waals surface area contributed by atoms with Gasteiger partial charge in [-0.05, 0) is 22.0 Å². The highest BCUT2D eigenvalue weighted by Crippen LogP contribution is 2.27. The van der Waals surface area contributed by atoms with Crippen molar-refractivity contribution in [2.45, 2.75) is 12.2 Å². The number of carbonyl (C=O) groups is 1. The molecule has 0 spiro atoms. The number of nitrogens with zero attached hydrogens (tertiary/aromatic N) is 1. The molecule has 7 heteroatoms. The first-order valence-corrected chi connectivity index (χ1v) is 5.90. The smallest absolute Gasteiger partial charge is 0.337 e. The number of hydrogen-bond donors (Lipinski definition) is 3. The van der Waals surface area contributed by atoms with Gasteiger partial charge in [0.15, 0.2) is 6.10 Å². The monoisotopic (exact) mass is 314 g/mol. The highest BCUT2D eigenvalue weighted by molar-refractivity contribution is 9.10. The summed E-state index contributed by atoms with van der Waals surface area (Å²) in [4.78, 5) is 18.1. The van der Waals surface area contributed by atoms with Crippen LogP contribution in [0.25, 0.3) is 11.0 Å². The number of esters is 1. The van der Waals surface area contributed by atoms with Crippen LogP contribution in [0, 0.1) is 0 Å². The van der Waals surface area contributed by atoms with E-state index >= 15 is 0 Å². The van der Waals surface area contributed by atoms with Gasteiger partial charge >= 0.3 is 5.97 Å². The average Bonchev–Trinajstić information content (AvgIpc) is 2.78. The Morgan fingerprint density at radius 2 is 2.28 bits per heavy atom. The third-order valence-corrected chi connectivity index (χ3v) is 3.02. The van der Waals surface area contributed by atoms with Gasteiger partial charge < -0.3 is 19.9 Å². The molecule has 0 amide bonds. The molecule has 96 valence electrons. The predicted molar refractivity (Wildman–Crippen MR) is 66.8 cm³/mol. The van der Waals surface area contributed by atoms with Gasteiger partial charge in [-0.25, -0.2) is 9.78 Å². The standard InChI is InChI=1S/C11H11BrN2O4/c1-18-11(17)9(16)8(15)7-4-14-10-6(7)2-5(12)3-13-10/h2-4,8-9,15-16H,1H3,(H,13,14). The lowest BCUT2D eigenvalue weighted by Gasteiger charge is -2.14. The lowest BCUT2D eigenvalue weighted by Crippen LogP contribution is -2.28. The Morgan fingerprint density at radius 3 is 2.94 bits per heavy atom. The number of aromatic amines is 1. The summed E-state index contributed by atoms with van der Waals surface area (Å²) >= 11 is 3.27. The summed E-state index contributed by atoms with van der Waals surface area (Å²) in [5, 5.41) is 20.2. The van der Waals surface area contributed by atoms with Crippen LogP contribution in [0.3, 0.4) is 0 Å². The lowest BCUT2D eigenvalue weighted by molar-refractivity contribution is -0.156. The van der Waals surface area contributed by atoms with Crippen molar-refractivity contribution in [2.24, 2.45) is 0 Å². The summed E-state index contributed by atoms with van der Waals surface area (Å²) in [6, 6.07) is 1.74. The van der Waals surface area contributed by atoms with Gasteiger partial charge in [-0.1, -0.05) is 0 Å². The fraction of sp³-hybridized carbons (Fsp3) is 0.273. The number of aliphatic hydroxyl groups is 2. The number of pyridine rings is 1. The molecule has 2 aromatic rings. The van der Waals surface area contributed by atoms with Gasteiger partial charge in [0.1, 0.15) is 11.8 Å². The highest BCUT2D eigenvalue weighted by atomic mass is 79.9. The number of H-pyrrole nitrogens is 1. The molecular formula is C11H11BrN2O4. The van der Waals surface area contributed by atoms with Gasteiger partial charge in [0.2, 0.25) is 0 Å². The fourth-order valence-corrected chi connectivity index (χ4v) is 1.99. The summed E-state index contributed by atoms with van der Waals surface area (Å²) in [6.45, 7) is 0. The van der Waals surface area contributed by atoms with Gasteiger partial charge in [0.25, 0.3) is 0 Å². The minimum absolute atomic E-state index is 0.386. The summed E-state index contributed by atoms with van der Waals surface area (Å²) in [6.07, 6.45) is 0.0995. The molecule has 2 unspecified atom stereocenters. The Hall–Kier alpha value is -1.44. The van der Waals surface area contributed by atoms with Crippen LogP contribution in [0.5, 0.6) is 0 Å². The quantitative estimate of drug-likeness (QED) is 0.731. The normalized spacial score (nSPS) is 14.4. The van der Waals surface area contributed by atoms with Crippen LogP contribution < -0.4 is 0 Å². The number of fused-ring (bicyclic) bond motifs is 1. The second-order valence-electron chi connectivity index (χ2n) is 3.71. The first-order valence-electron chi connectivity index (χ1n) is 5.11. The number of carbonyl (C=O) groups excluding carboxylic acids is 1. The lowest BCUT2D eigenvalue weighted by atomic mass is 10.0. The Labute approximate surface area is 111 Å². The highest BCUT2D eigenvalue weighted by Gasteiger charge is 2.28. The molecule has 2 rings (SSSR count). The molecule has 0 aliphatic carbocycles. The molecule has 0 saturated heterocycles. The number of rotatable bonds is 3. The van der Waals surface area contributed by atoms with E-state index in [9.17, 15) is 15.0 Å². The van der Waals surface area contributed by atoms with E-state index in [1.54, 1.807) is 12.3 Å². The van der Waals surface area contributed by atoms with Gasteiger partial charge in [0, 0.05) is 27.8 Å². The zero-order chi connectivity index (χ0) is 13.3.